The van der Waals surface area contributed by atoms with Crippen molar-refractivity contribution in [3.05, 3.63) is 0 Å². The van der Waals surface area contributed by atoms with Crippen molar-refractivity contribution in [1.82, 2.24) is 15.1 Å². The molecule has 0 saturated carbocycles. The Morgan fingerprint density at radius 3 is 2.61 bits per heavy atom. The van der Waals surface area contributed by atoms with E-state index in [-0.39, 0.29) is 11.9 Å². The van der Waals surface area contributed by atoms with Crippen LogP contribution in [0.2, 0.25) is 0 Å². The molecule has 0 aromatic rings. The smallest absolute Gasteiger partial charge is 0.220 e. The van der Waals surface area contributed by atoms with Crippen molar-refractivity contribution >= 4 is 5.91 Å². The minimum Gasteiger partial charge on any atom is -0.356 e. The molecule has 1 atom stereocenters. The van der Waals surface area contributed by atoms with Crippen LogP contribution >= 0.6 is 0 Å². The molecule has 1 heterocycles. The fourth-order valence-electron chi connectivity index (χ4n) is 2.05. The van der Waals surface area contributed by atoms with Crippen LogP contribution in [0.3, 0.4) is 0 Å². The van der Waals surface area contributed by atoms with Crippen LogP contribution in [0.4, 0.5) is 0 Å². The first-order valence-electron chi connectivity index (χ1n) is 7.01. The Balaban J connectivity index is 1.96. The largest absolute Gasteiger partial charge is 0.356 e. The summed E-state index contributed by atoms with van der Waals surface area (Å²) in [6.45, 7) is 8.40. The Kier molecular flexibility index (Phi) is 7.23. The second-order valence-corrected chi connectivity index (χ2v) is 5.36. The number of carbonyl (C=O) groups is 1. The molecule has 0 aromatic carbocycles. The van der Waals surface area contributed by atoms with Crippen LogP contribution in [0.25, 0.3) is 0 Å². The highest BCUT2D eigenvalue weighted by atomic mass is 16.1. The number of nitrogens with zero attached hydrogens (tertiary/aromatic N) is 2. The highest BCUT2D eigenvalue weighted by Gasteiger charge is 2.12. The molecule has 3 N–H and O–H groups in total. The summed E-state index contributed by atoms with van der Waals surface area (Å²) < 4.78 is 0. The van der Waals surface area contributed by atoms with Crippen molar-refractivity contribution < 1.29 is 4.79 Å². The van der Waals surface area contributed by atoms with E-state index in [1.807, 2.05) is 6.92 Å². The van der Waals surface area contributed by atoms with Gasteiger partial charge in [0.05, 0.1) is 0 Å². The molecule has 106 valence electrons. The molecule has 1 aliphatic rings. The van der Waals surface area contributed by atoms with Gasteiger partial charge in [0.1, 0.15) is 0 Å². The summed E-state index contributed by atoms with van der Waals surface area (Å²) in [5.41, 5.74) is 5.61. The summed E-state index contributed by atoms with van der Waals surface area (Å²) in [4.78, 5) is 16.3. The zero-order chi connectivity index (χ0) is 13.4. The molecule has 18 heavy (non-hydrogen) atoms. The zero-order valence-electron chi connectivity index (χ0n) is 11.8. The van der Waals surface area contributed by atoms with E-state index in [1.165, 1.54) is 0 Å². The van der Waals surface area contributed by atoms with Crippen LogP contribution in [0.15, 0.2) is 0 Å². The molecule has 1 amide bonds. The summed E-state index contributed by atoms with van der Waals surface area (Å²) in [6, 6.07) is 0.112. The highest BCUT2D eigenvalue weighted by molar-refractivity contribution is 5.75. The fourth-order valence-corrected chi connectivity index (χ4v) is 2.05. The van der Waals surface area contributed by atoms with E-state index in [0.717, 1.165) is 52.1 Å². The Morgan fingerprint density at radius 1 is 1.33 bits per heavy atom. The van der Waals surface area contributed by atoms with Gasteiger partial charge in [-0.3, -0.25) is 4.79 Å². The molecule has 0 radical (unpaired) electrons. The van der Waals surface area contributed by atoms with Gasteiger partial charge in [-0.05, 0) is 33.4 Å². The number of nitrogens with two attached hydrogens (primary N) is 1. The molecular formula is C13H28N4O. The normalized spacial score (nSPS) is 19.7. The molecule has 1 aliphatic heterocycles. The van der Waals surface area contributed by atoms with Gasteiger partial charge >= 0.3 is 0 Å². The number of hydrogen-bond acceptors (Lipinski definition) is 4. The van der Waals surface area contributed by atoms with Crippen molar-refractivity contribution in [2.24, 2.45) is 5.73 Å². The summed E-state index contributed by atoms with van der Waals surface area (Å²) in [5.74, 6) is 0.130. The molecule has 0 aromatic heterocycles. The molecule has 1 fully saturated rings. The summed E-state index contributed by atoms with van der Waals surface area (Å²) >= 11 is 0. The number of nitrogens with one attached hydrogen (secondary N) is 1. The van der Waals surface area contributed by atoms with E-state index in [4.69, 9.17) is 5.73 Å². The third kappa shape index (κ3) is 6.93. The number of likely N-dealkylation sites (N-methyl/N-ethyl adjacent to an activating group) is 1. The van der Waals surface area contributed by atoms with E-state index in [9.17, 15) is 4.79 Å². The third-order valence-corrected chi connectivity index (χ3v) is 3.40. The zero-order valence-corrected chi connectivity index (χ0v) is 11.8. The number of amides is 1. The standard InChI is InChI=1S/C13H28N4O/c1-12(14)4-5-13(18)15-6-3-7-17-10-8-16(2)9-11-17/h12H,3-11,14H2,1-2H3,(H,15,18). The SMILES string of the molecule is CC(N)CCC(=O)NCCCN1CCN(C)CC1. The Bertz CT molecular complexity index is 237. The first kappa shape index (κ1) is 15.4. The van der Waals surface area contributed by atoms with Gasteiger partial charge < -0.3 is 20.9 Å². The van der Waals surface area contributed by atoms with Crippen molar-refractivity contribution in [2.75, 3.05) is 46.3 Å². The van der Waals surface area contributed by atoms with Gasteiger partial charge in [0.2, 0.25) is 5.91 Å². The maximum atomic E-state index is 11.5. The Morgan fingerprint density at radius 2 is 2.00 bits per heavy atom. The Labute approximate surface area is 111 Å². The number of piperazine rings is 1. The number of carbonyl (C=O) groups excluding carboxylic acids is 1. The van der Waals surface area contributed by atoms with Crippen molar-refractivity contribution in [2.45, 2.75) is 32.2 Å². The minimum atomic E-state index is 0.112. The molecule has 1 saturated heterocycles. The number of rotatable bonds is 7. The minimum absolute atomic E-state index is 0.112. The average Bonchev–Trinajstić information content (AvgIpc) is 2.34. The first-order valence-corrected chi connectivity index (χ1v) is 7.01. The van der Waals surface area contributed by atoms with Crippen molar-refractivity contribution in [3.8, 4) is 0 Å². The van der Waals surface area contributed by atoms with Crippen LogP contribution in [-0.2, 0) is 4.79 Å². The highest BCUT2D eigenvalue weighted by Crippen LogP contribution is 1.99. The van der Waals surface area contributed by atoms with Gasteiger partial charge in [0.25, 0.3) is 0 Å². The summed E-state index contributed by atoms with van der Waals surface area (Å²) in [5, 5.41) is 2.95. The van der Waals surface area contributed by atoms with Gasteiger partial charge in [-0.25, -0.2) is 0 Å². The topological polar surface area (TPSA) is 61.6 Å². The third-order valence-electron chi connectivity index (χ3n) is 3.40. The predicted octanol–water partition coefficient (Wildman–Crippen LogP) is -0.132. The molecule has 5 heteroatoms. The molecule has 1 unspecified atom stereocenters. The van der Waals surface area contributed by atoms with Gasteiger partial charge in [0, 0.05) is 45.2 Å². The summed E-state index contributed by atoms with van der Waals surface area (Å²) in [6.07, 6.45) is 2.35. The molecule has 0 aliphatic carbocycles. The van der Waals surface area contributed by atoms with Crippen molar-refractivity contribution in [1.29, 1.82) is 0 Å². The molecule has 0 spiro atoms. The van der Waals surface area contributed by atoms with Gasteiger partial charge in [-0.2, -0.15) is 0 Å². The lowest BCUT2D eigenvalue weighted by molar-refractivity contribution is -0.121. The van der Waals surface area contributed by atoms with E-state index >= 15 is 0 Å². The van der Waals surface area contributed by atoms with Gasteiger partial charge in [0.15, 0.2) is 0 Å². The maximum absolute atomic E-state index is 11.5. The van der Waals surface area contributed by atoms with Crippen molar-refractivity contribution in [3.63, 3.8) is 0 Å². The molecular weight excluding hydrogens is 228 g/mol. The quantitative estimate of drug-likeness (QED) is 0.623. The van der Waals surface area contributed by atoms with Crippen LogP contribution < -0.4 is 11.1 Å². The van der Waals surface area contributed by atoms with Gasteiger partial charge in [-0.1, -0.05) is 0 Å². The average molecular weight is 256 g/mol. The molecule has 5 nitrogen and oxygen atoms in total. The predicted molar refractivity (Wildman–Crippen MR) is 74.4 cm³/mol. The van der Waals surface area contributed by atoms with E-state index in [0.29, 0.717) is 6.42 Å². The molecule has 0 bridgehead atoms. The van der Waals surface area contributed by atoms with E-state index < -0.39 is 0 Å². The van der Waals surface area contributed by atoms with E-state index in [1.54, 1.807) is 0 Å². The second-order valence-electron chi connectivity index (χ2n) is 5.36. The second kappa shape index (κ2) is 8.45. The van der Waals surface area contributed by atoms with Crippen LogP contribution in [0, 0.1) is 0 Å². The van der Waals surface area contributed by atoms with E-state index in [2.05, 4.69) is 22.2 Å². The van der Waals surface area contributed by atoms with Gasteiger partial charge in [-0.15, -0.1) is 0 Å². The monoisotopic (exact) mass is 256 g/mol. The van der Waals surface area contributed by atoms with Crippen LogP contribution in [0.1, 0.15) is 26.2 Å². The summed E-state index contributed by atoms with van der Waals surface area (Å²) in [7, 11) is 2.16. The lowest BCUT2D eigenvalue weighted by Crippen LogP contribution is -2.45. The van der Waals surface area contributed by atoms with Crippen LogP contribution in [0.5, 0.6) is 0 Å². The number of hydrogen-bond donors (Lipinski definition) is 2. The lowest BCUT2D eigenvalue weighted by Gasteiger charge is -2.32. The van der Waals surface area contributed by atoms with Crippen LogP contribution in [-0.4, -0.2) is 68.1 Å². The molecule has 1 rings (SSSR count). The lowest BCUT2D eigenvalue weighted by atomic mass is 10.2. The Hall–Kier alpha value is -0.650. The fraction of sp³-hybridized carbons (Fsp3) is 0.923. The first-order chi connectivity index (χ1) is 8.58. The maximum Gasteiger partial charge on any atom is 0.220 e.